The van der Waals surface area contributed by atoms with Crippen molar-refractivity contribution in [1.82, 2.24) is 20.4 Å². The number of hydrogen-bond donors (Lipinski definition) is 1. The molecule has 1 aliphatic heterocycles. The summed E-state index contributed by atoms with van der Waals surface area (Å²) in [4.78, 5) is 8.16. The maximum Gasteiger partial charge on any atom is 0.223 e. The molecule has 114 valence electrons. The second-order valence-electron chi connectivity index (χ2n) is 5.59. The lowest BCUT2D eigenvalue weighted by Gasteiger charge is -2.32. The van der Waals surface area contributed by atoms with Crippen LogP contribution in [0, 0.1) is 6.92 Å². The molecule has 0 saturated carbocycles. The molecular weight excluding hydrogens is 284 g/mol. The van der Waals surface area contributed by atoms with E-state index >= 15 is 0 Å². The van der Waals surface area contributed by atoms with Gasteiger partial charge in [0.1, 0.15) is 0 Å². The van der Waals surface area contributed by atoms with Gasteiger partial charge in [-0.3, -0.25) is 4.90 Å². The Balaban J connectivity index is 1.42. The molecule has 0 spiro atoms. The van der Waals surface area contributed by atoms with Gasteiger partial charge < -0.3 is 9.84 Å². The summed E-state index contributed by atoms with van der Waals surface area (Å²) in [6.45, 7) is 5.87. The van der Waals surface area contributed by atoms with Gasteiger partial charge >= 0.3 is 0 Å². The van der Waals surface area contributed by atoms with Gasteiger partial charge in [-0.1, -0.05) is 11.2 Å². The summed E-state index contributed by atoms with van der Waals surface area (Å²) in [5.74, 6) is 1.44. The van der Waals surface area contributed by atoms with E-state index in [1.807, 2.05) is 18.3 Å². The van der Waals surface area contributed by atoms with Crippen LogP contribution in [0.4, 0.5) is 0 Å². The topological polar surface area (TPSA) is 54.2 Å². The van der Waals surface area contributed by atoms with Gasteiger partial charge in [-0.15, -0.1) is 11.3 Å². The van der Waals surface area contributed by atoms with Crippen LogP contribution in [-0.2, 0) is 13.0 Å². The molecule has 0 radical (unpaired) electrons. The van der Waals surface area contributed by atoms with Crippen molar-refractivity contribution in [2.24, 2.45) is 0 Å². The molecule has 1 N–H and O–H groups in total. The molecule has 6 heteroatoms. The van der Waals surface area contributed by atoms with Gasteiger partial charge in [-0.2, -0.15) is 4.98 Å². The van der Waals surface area contributed by atoms with E-state index in [2.05, 4.69) is 37.9 Å². The third-order valence-corrected chi connectivity index (χ3v) is 4.76. The first-order valence-corrected chi connectivity index (χ1v) is 8.45. The highest BCUT2D eigenvalue weighted by molar-refractivity contribution is 7.09. The highest BCUT2D eigenvalue weighted by Crippen LogP contribution is 2.13. The second kappa shape index (κ2) is 7.15. The summed E-state index contributed by atoms with van der Waals surface area (Å²) in [6, 6.07) is 4.90. The minimum absolute atomic E-state index is 0.576. The molecule has 21 heavy (non-hydrogen) atoms. The largest absolute Gasteiger partial charge is 0.340 e. The van der Waals surface area contributed by atoms with E-state index in [0.29, 0.717) is 11.9 Å². The number of aryl methyl sites for hydroxylation is 1. The molecule has 0 unspecified atom stereocenters. The third-order valence-electron chi connectivity index (χ3n) is 3.82. The molecule has 3 heterocycles. The Morgan fingerprint density at radius 3 is 3.24 bits per heavy atom. The summed E-state index contributed by atoms with van der Waals surface area (Å²) in [6.07, 6.45) is 3.61. The van der Waals surface area contributed by atoms with Crippen LogP contribution in [0.5, 0.6) is 0 Å². The SMILES string of the molecule is Cc1nc(CN2CCC[C@H](NCCc3cccs3)C2)no1. The first-order valence-electron chi connectivity index (χ1n) is 7.57. The lowest BCUT2D eigenvalue weighted by Crippen LogP contribution is -2.45. The Hall–Kier alpha value is -1.24. The number of rotatable bonds is 6. The Morgan fingerprint density at radius 2 is 2.48 bits per heavy atom. The summed E-state index contributed by atoms with van der Waals surface area (Å²) in [5, 5.41) is 9.81. The van der Waals surface area contributed by atoms with E-state index in [9.17, 15) is 0 Å². The molecule has 0 aliphatic carbocycles. The predicted octanol–water partition coefficient (Wildman–Crippen LogP) is 2.24. The number of hydrogen-bond acceptors (Lipinski definition) is 6. The average Bonchev–Trinajstić information content (AvgIpc) is 3.11. The second-order valence-corrected chi connectivity index (χ2v) is 6.62. The number of nitrogens with one attached hydrogen (secondary N) is 1. The summed E-state index contributed by atoms with van der Waals surface area (Å²) >= 11 is 1.84. The van der Waals surface area contributed by atoms with Gasteiger partial charge in [-0.25, -0.2) is 0 Å². The fraction of sp³-hybridized carbons (Fsp3) is 0.600. The van der Waals surface area contributed by atoms with Gasteiger partial charge in [0.2, 0.25) is 5.89 Å². The minimum Gasteiger partial charge on any atom is -0.340 e. The smallest absolute Gasteiger partial charge is 0.223 e. The van der Waals surface area contributed by atoms with Crippen LogP contribution in [0.3, 0.4) is 0 Å². The zero-order valence-electron chi connectivity index (χ0n) is 12.4. The van der Waals surface area contributed by atoms with Crippen LogP contribution in [0.1, 0.15) is 29.4 Å². The Kier molecular flexibility index (Phi) is 5.00. The van der Waals surface area contributed by atoms with Gasteiger partial charge in [-0.05, 0) is 37.3 Å². The summed E-state index contributed by atoms with van der Waals surface area (Å²) in [7, 11) is 0. The van der Waals surface area contributed by atoms with Crippen LogP contribution in [-0.4, -0.2) is 40.7 Å². The molecular formula is C15H22N4OS. The minimum atomic E-state index is 0.576. The molecule has 2 aromatic rings. The quantitative estimate of drug-likeness (QED) is 0.887. The zero-order valence-corrected chi connectivity index (χ0v) is 13.2. The predicted molar refractivity (Wildman–Crippen MR) is 83.4 cm³/mol. The van der Waals surface area contributed by atoms with E-state index in [4.69, 9.17) is 4.52 Å². The van der Waals surface area contributed by atoms with Crippen molar-refractivity contribution in [1.29, 1.82) is 0 Å². The number of thiophene rings is 1. The lowest BCUT2D eigenvalue weighted by molar-refractivity contribution is 0.178. The van der Waals surface area contributed by atoms with Crippen LogP contribution in [0.25, 0.3) is 0 Å². The molecule has 0 aromatic carbocycles. The van der Waals surface area contributed by atoms with Crippen molar-refractivity contribution < 1.29 is 4.52 Å². The first kappa shape index (κ1) is 14.7. The normalized spacial score (nSPS) is 20.0. The monoisotopic (exact) mass is 306 g/mol. The first-order chi connectivity index (χ1) is 10.3. The molecule has 3 rings (SSSR count). The number of nitrogens with zero attached hydrogens (tertiary/aromatic N) is 3. The summed E-state index contributed by atoms with van der Waals surface area (Å²) in [5.41, 5.74) is 0. The Labute approximate surface area is 129 Å². The van der Waals surface area contributed by atoms with Crippen LogP contribution in [0.2, 0.25) is 0 Å². The van der Waals surface area contributed by atoms with E-state index in [1.54, 1.807) is 0 Å². The van der Waals surface area contributed by atoms with Crippen molar-refractivity contribution in [3.05, 3.63) is 34.1 Å². The van der Waals surface area contributed by atoms with Crippen molar-refractivity contribution in [3.63, 3.8) is 0 Å². The van der Waals surface area contributed by atoms with Crippen molar-refractivity contribution >= 4 is 11.3 Å². The number of likely N-dealkylation sites (tertiary alicyclic amines) is 1. The van der Waals surface area contributed by atoms with Gasteiger partial charge in [0, 0.05) is 30.9 Å². The highest BCUT2D eigenvalue weighted by atomic mass is 32.1. The molecule has 2 aromatic heterocycles. The van der Waals surface area contributed by atoms with Gasteiger partial charge in [0.05, 0.1) is 6.54 Å². The zero-order chi connectivity index (χ0) is 14.5. The lowest BCUT2D eigenvalue weighted by atomic mass is 10.1. The molecule has 1 atom stereocenters. The van der Waals surface area contributed by atoms with E-state index in [0.717, 1.165) is 38.4 Å². The van der Waals surface area contributed by atoms with Gasteiger partial charge in [0.25, 0.3) is 0 Å². The highest BCUT2D eigenvalue weighted by Gasteiger charge is 2.20. The average molecular weight is 306 g/mol. The van der Waals surface area contributed by atoms with Crippen molar-refractivity contribution in [3.8, 4) is 0 Å². The van der Waals surface area contributed by atoms with Crippen LogP contribution >= 0.6 is 11.3 Å². The molecule has 0 amide bonds. The van der Waals surface area contributed by atoms with Crippen LogP contribution < -0.4 is 5.32 Å². The Morgan fingerprint density at radius 1 is 1.52 bits per heavy atom. The van der Waals surface area contributed by atoms with Crippen molar-refractivity contribution in [2.45, 2.75) is 38.8 Å². The van der Waals surface area contributed by atoms with E-state index in [-0.39, 0.29) is 0 Å². The maximum atomic E-state index is 5.04. The fourth-order valence-electron chi connectivity index (χ4n) is 2.83. The molecule has 5 nitrogen and oxygen atoms in total. The maximum absolute atomic E-state index is 5.04. The van der Waals surface area contributed by atoms with E-state index in [1.165, 1.54) is 17.7 Å². The number of aromatic nitrogens is 2. The van der Waals surface area contributed by atoms with Crippen LogP contribution in [0.15, 0.2) is 22.0 Å². The van der Waals surface area contributed by atoms with Crippen molar-refractivity contribution in [2.75, 3.05) is 19.6 Å². The molecule has 1 aliphatic rings. The summed E-state index contributed by atoms with van der Waals surface area (Å²) < 4.78 is 5.04. The van der Waals surface area contributed by atoms with Gasteiger partial charge in [0.15, 0.2) is 5.82 Å². The number of piperidine rings is 1. The van der Waals surface area contributed by atoms with E-state index < -0.39 is 0 Å². The fourth-order valence-corrected chi connectivity index (χ4v) is 3.53. The molecule has 0 bridgehead atoms. The molecule has 1 saturated heterocycles. The Bertz CT molecular complexity index is 540. The third kappa shape index (κ3) is 4.36. The molecule has 1 fully saturated rings. The standard InChI is InChI=1S/C15H22N4OS/c1-12-17-15(18-20-12)11-19-8-2-4-13(10-19)16-7-6-14-5-3-9-21-14/h3,5,9,13,16H,2,4,6-8,10-11H2,1H3/t13-/m0/s1.